The van der Waals surface area contributed by atoms with Gasteiger partial charge in [-0.25, -0.2) is 0 Å². The topological polar surface area (TPSA) is 89.2 Å². The third-order valence-corrected chi connectivity index (χ3v) is 3.69. The predicted octanol–water partition coefficient (Wildman–Crippen LogP) is 1.08. The Labute approximate surface area is 132 Å². The summed E-state index contributed by atoms with van der Waals surface area (Å²) in [5, 5.41) is 10.1. The van der Waals surface area contributed by atoms with Crippen molar-refractivity contribution in [1.29, 1.82) is 0 Å². The summed E-state index contributed by atoms with van der Waals surface area (Å²) < 4.78 is 15.5. The van der Waals surface area contributed by atoms with E-state index in [1.165, 1.54) is 18.4 Å². The lowest BCUT2D eigenvalue weighted by atomic mass is 10.1. The predicted molar refractivity (Wildman–Crippen MR) is 79.9 cm³/mol. The molecule has 1 aliphatic heterocycles. The lowest BCUT2D eigenvalue weighted by Gasteiger charge is -2.26. The average molecular weight is 319 g/mol. The molecule has 1 aliphatic rings. The summed E-state index contributed by atoms with van der Waals surface area (Å²) in [7, 11) is 0. The highest BCUT2D eigenvalue weighted by Crippen LogP contribution is 2.25. The molecule has 1 aromatic carbocycles. The van der Waals surface area contributed by atoms with Gasteiger partial charge in [0, 0.05) is 30.1 Å². The molecular weight excluding hydrogens is 302 g/mol. The Morgan fingerprint density at radius 3 is 2.83 bits per heavy atom. The van der Waals surface area contributed by atoms with Crippen molar-refractivity contribution in [3.05, 3.63) is 30.0 Å². The molecule has 0 atom stereocenters. The van der Waals surface area contributed by atoms with E-state index in [1.54, 1.807) is 11.0 Å². The van der Waals surface area contributed by atoms with Gasteiger partial charge in [0.15, 0.2) is 6.61 Å². The average Bonchev–Trinajstić information content (AvgIpc) is 2.95. The van der Waals surface area contributed by atoms with Crippen LogP contribution in [0.15, 0.2) is 28.9 Å². The number of esters is 1. The van der Waals surface area contributed by atoms with Gasteiger partial charge in [0.2, 0.25) is 0 Å². The van der Waals surface area contributed by atoms with E-state index in [0.717, 1.165) is 5.39 Å². The number of furan rings is 1. The molecule has 0 radical (unpaired) electrons. The van der Waals surface area contributed by atoms with Crippen molar-refractivity contribution < 1.29 is 28.6 Å². The first-order chi connectivity index (χ1) is 11.1. The zero-order valence-electron chi connectivity index (χ0n) is 12.5. The number of phenolic OH excluding ortho intramolecular Hbond substituents is 1. The summed E-state index contributed by atoms with van der Waals surface area (Å²) in [5.41, 5.74) is 1.15. The van der Waals surface area contributed by atoms with Crippen molar-refractivity contribution >= 4 is 22.8 Å². The third kappa shape index (κ3) is 3.62. The number of rotatable bonds is 4. The number of nitrogens with zero attached hydrogens (tertiary/aromatic N) is 1. The van der Waals surface area contributed by atoms with E-state index in [1.807, 2.05) is 0 Å². The second kappa shape index (κ2) is 6.70. The number of benzene rings is 1. The molecule has 0 aliphatic carbocycles. The molecule has 0 unspecified atom stereocenters. The first-order valence-corrected chi connectivity index (χ1v) is 7.34. The van der Waals surface area contributed by atoms with Crippen molar-refractivity contribution in [2.75, 3.05) is 32.9 Å². The zero-order valence-corrected chi connectivity index (χ0v) is 12.5. The van der Waals surface area contributed by atoms with Gasteiger partial charge < -0.3 is 23.9 Å². The van der Waals surface area contributed by atoms with Crippen molar-refractivity contribution in [3.8, 4) is 5.75 Å². The first kappa shape index (κ1) is 15.4. The molecule has 2 heterocycles. The quantitative estimate of drug-likeness (QED) is 0.848. The number of phenols is 1. The highest BCUT2D eigenvalue weighted by Gasteiger charge is 2.19. The Morgan fingerprint density at radius 2 is 2.04 bits per heavy atom. The van der Waals surface area contributed by atoms with Gasteiger partial charge in [-0.3, -0.25) is 9.59 Å². The normalized spacial score (nSPS) is 14.9. The SMILES string of the molecule is O=C(Cc1coc2cc(O)ccc12)OCC(=O)N1CCOCC1. The number of fused-ring (bicyclic) bond motifs is 1. The second-order valence-electron chi connectivity index (χ2n) is 5.27. The number of carbonyl (C=O) groups is 2. The number of hydrogen-bond acceptors (Lipinski definition) is 6. The molecule has 1 saturated heterocycles. The number of ether oxygens (including phenoxy) is 2. The van der Waals surface area contributed by atoms with E-state index < -0.39 is 5.97 Å². The van der Waals surface area contributed by atoms with Crippen LogP contribution >= 0.6 is 0 Å². The number of hydrogen-bond donors (Lipinski definition) is 1. The first-order valence-electron chi connectivity index (χ1n) is 7.34. The van der Waals surface area contributed by atoms with E-state index >= 15 is 0 Å². The van der Waals surface area contributed by atoms with Crippen LogP contribution in [0.1, 0.15) is 5.56 Å². The summed E-state index contributed by atoms with van der Waals surface area (Å²) in [6.07, 6.45) is 1.46. The Hall–Kier alpha value is -2.54. The Bertz CT molecular complexity index is 716. The Morgan fingerprint density at radius 1 is 1.26 bits per heavy atom. The number of amides is 1. The van der Waals surface area contributed by atoms with Crippen LogP contribution in [-0.2, 0) is 25.5 Å². The van der Waals surface area contributed by atoms with Crippen molar-refractivity contribution in [3.63, 3.8) is 0 Å². The Kier molecular flexibility index (Phi) is 4.47. The lowest BCUT2D eigenvalue weighted by Crippen LogP contribution is -2.42. The summed E-state index contributed by atoms with van der Waals surface area (Å²) in [6.45, 7) is 1.79. The van der Waals surface area contributed by atoms with Crippen LogP contribution in [0.5, 0.6) is 5.75 Å². The molecule has 0 bridgehead atoms. The molecular formula is C16H17NO6. The fourth-order valence-electron chi connectivity index (χ4n) is 2.46. The molecule has 7 heteroatoms. The maximum atomic E-state index is 11.9. The number of carbonyl (C=O) groups excluding carboxylic acids is 2. The molecule has 1 aromatic heterocycles. The molecule has 2 aromatic rings. The minimum absolute atomic E-state index is 0.00810. The minimum atomic E-state index is -0.498. The lowest BCUT2D eigenvalue weighted by molar-refractivity contribution is -0.153. The van der Waals surface area contributed by atoms with Crippen LogP contribution in [0.2, 0.25) is 0 Å². The van der Waals surface area contributed by atoms with E-state index in [9.17, 15) is 14.7 Å². The fourth-order valence-corrected chi connectivity index (χ4v) is 2.46. The van der Waals surface area contributed by atoms with Crippen LogP contribution in [0, 0.1) is 0 Å². The molecule has 1 amide bonds. The van der Waals surface area contributed by atoms with Crippen molar-refractivity contribution in [2.45, 2.75) is 6.42 Å². The molecule has 3 rings (SSSR count). The molecule has 0 saturated carbocycles. The summed E-state index contributed by atoms with van der Waals surface area (Å²) in [5.74, 6) is -0.622. The van der Waals surface area contributed by atoms with Crippen LogP contribution < -0.4 is 0 Å². The summed E-state index contributed by atoms with van der Waals surface area (Å²) >= 11 is 0. The molecule has 1 N–H and O–H groups in total. The smallest absolute Gasteiger partial charge is 0.310 e. The van der Waals surface area contributed by atoms with Crippen LogP contribution in [0.4, 0.5) is 0 Å². The molecule has 7 nitrogen and oxygen atoms in total. The van der Waals surface area contributed by atoms with Crippen molar-refractivity contribution in [1.82, 2.24) is 4.90 Å². The summed E-state index contributed by atoms with van der Waals surface area (Å²) in [6, 6.07) is 4.68. The van der Waals surface area contributed by atoms with Gasteiger partial charge in [-0.05, 0) is 12.1 Å². The molecule has 0 spiro atoms. The van der Waals surface area contributed by atoms with E-state index in [4.69, 9.17) is 13.9 Å². The zero-order chi connectivity index (χ0) is 16.2. The van der Waals surface area contributed by atoms with E-state index in [2.05, 4.69) is 0 Å². The monoisotopic (exact) mass is 319 g/mol. The maximum absolute atomic E-state index is 11.9. The fraction of sp³-hybridized carbons (Fsp3) is 0.375. The van der Waals surface area contributed by atoms with Crippen LogP contribution in [0.3, 0.4) is 0 Å². The van der Waals surface area contributed by atoms with E-state index in [0.29, 0.717) is 37.4 Å². The minimum Gasteiger partial charge on any atom is -0.508 e. The molecule has 23 heavy (non-hydrogen) atoms. The number of aromatic hydroxyl groups is 1. The van der Waals surface area contributed by atoms with Crippen LogP contribution in [0.25, 0.3) is 11.0 Å². The summed E-state index contributed by atoms with van der Waals surface area (Å²) in [4.78, 5) is 25.4. The largest absolute Gasteiger partial charge is 0.508 e. The highest BCUT2D eigenvalue weighted by atomic mass is 16.5. The Balaban J connectivity index is 1.55. The van der Waals surface area contributed by atoms with Gasteiger partial charge in [-0.15, -0.1) is 0 Å². The molecule has 122 valence electrons. The third-order valence-electron chi connectivity index (χ3n) is 3.69. The van der Waals surface area contributed by atoms with Gasteiger partial charge in [-0.2, -0.15) is 0 Å². The van der Waals surface area contributed by atoms with Gasteiger partial charge >= 0.3 is 5.97 Å². The molecule has 1 fully saturated rings. The van der Waals surface area contributed by atoms with Gasteiger partial charge in [0.1, 0.15) is 11.3 Å². The standard InChI is InChI=1S/C16H17NO6/c18-12-1-2-13-11(9-22-14(13)8-12)7-16(20)23-10-15(19)17-3-5-21-6-4-17/h1-2,8-9,18H,3-7,10H2. The second-order valence-corrected chi connectivity index (χ2v) is 5.27. The maximum Gasteiger partial charge on any atom is 0.310 e. The van der Waals surface area contributed by atoms with Gasteiger partial charge in [0.05, 0.1) is 25.9 Å². The van der Waals surface area contributed by atoms with E-state index in [-0.39, 0.29) is 24.7 Å². The van der Waals surface area contributed by atoms with Crippen molar-refractivity contribution in [2.24, 2.45) is 0 Å². The van der Waals surface area contributed by atoms with Crippen LogP contribution in [-0.4, -0.2) is 54.8 Å². The van der Waals surface area contributed by atoms with Gasteiger partial charge in [0.25, 0.3) is 5.91 Å². The number of morpholine rings is 1. The highest BCUT2D eigenvalue weighted by molar-refractivity contribution is 5.87. The van der Waals surface area contributed by atoms with Gasteiger partial charge in [-0.1, -0.05) is 0 Å².